The van der Waals surface area contributed by atoms with E-state index in [-0.39, 0.29) is 12.5 Å². The van der Waals surface area contributed by atoms with Crippen LogP contribution in [0.4, 0.5) is 5.69 Å². The summed E-state index contributed by atoms with van der Waals surface area (Å²) in [7, 11) is -2.03. The Morgan fingerprint density at radius 2 is 2.19 bits per heavy atom. The van der Waals surface area contributed by atoms with Crippen LogP contribution in [-0.2, 0) is 21.6 Å². The number of anilines is 1. The second-order valence-electron chi connectivity index (χ2n) is 5.25. The van der Waals surface area contributed by atoms with E-state index in [1.165, 1.54) is 4.31 Å². The highest BCUT2D eigenvalue weighted by molar-refractivity contribution is 7.90. The zero-order valence-electron chi connectivity index (χ0n) is 12.2. The van der Waals surface area contributed by atoms with E-state index in [1.807, 2.05) is 12.1 Å². The van der Waals surface area contributed by atoms with E-state index in [2.05, 4.69) is 4.72 Å². The molecule has 0 saturated carbocycles. The summed E-state index contributed by atoms with van der Waals surface area (Å²) in [5.41, 5.74) is 1.32. The summed E-state index contributed by atoms with van der Waals surface area (Å²) >= 11 is 0. The molecule has 1 atom stereocenters. The topological polar surface area (TPSA) is 78.9 Å². The number of aliphatic hydroxyl groups is 1. The number of nitrogens with one attached hydrogen (secondary N) is 1. The molecule has 0 aromatic heterocycles. The molecule has 2 rings (SSSR count). The summed E-state index contributed by atoms with van der Waals surface area (Å²) in [5, 5.41) is 9.22. The van der Waals surface area contributed by atoms with Crippen LogP contribution < -0.4 is 4.72 Å². The first-order valence-electron chi connectivity index (χ1n) is 7.02. The summed E-state index contributed by atoms with van der Waals surface area (Å²) in [6.45, 7) is 1.21. The highest BCUT2D eigenvalue weighted by Gasteiger charge is 2.28. The van der Waals surface area contributed by atoms with E-state index < -0.39 is 10.2 Å². The highest BCUT2D eigenvalue weighted by Crippen LogP contribution is 2.22. The molecule has 1 aliphatic rings. The van der Waals surface area contributed by atoms with Gasteiger partial charge in [0.1, 0.15) is 0 Å². The SMILES string of the molecule is COCc1ccccc1NS(=O)(=O)N1CCCC(CO)C1. The molecule has 1 unspecified atom stereocenters. The third-order valence-corrected chi connectivity index (χ3v) is 5.13. The van der Waals surface area contributed by atoms with Gasteiger partial charge < -0.3 is 9.84 Å². The second-order valence-corrected chi connectivity index (χ2v) is 6.92. The maximum Gasteiger partial charge on any atom is 0.301 e. The van der Waals surface area contributed by atoms with Crippen molar-refractivity contribution in [1.82, 2.24) is 4.31 Å². The Morgan fingerprint density at radius 1 is 1.43 bits per heavy atom. The van der Waals surface area contributed by atoms with Crippen molar-refractivity contribution in [3.63, 3.8) is 0 Å². The predicted molar refractivity (Wildman–Crippen MR) is 81.1 cm³/mol. The lowest BCUT2D eigenvalue weighted by atomic mass is 10.0. The van der Waals surface area contributed by atoms with Gasteiger partial charge in [-0.05, 0) is 24.8 Å². The molecule has 1 saturated heterocycles. The number of piperidine rings is 1. The molecule has 21 heavy (non-hydrogen) atoms. The molecule has 2 N–H and O–H groups in total. The van der Waals surface area contributed by atoms with Crippen molar-refractivity contribution in [2.75, 3.05) is 31.5 Å². The summed E-state index contributed by atoms with van der Waals surface area (Å²) in [6, 6.07) is 7.17. The first kappa shape index (κ1) is 16.2. The van der Waals surface area contributed by atoms with Crippen LogP contribution in [-0.4, -0.2) is 44.6 Å². The van der Waals surface area contributed by atoms with Gasteiger partial charge in [-0.15, -0.1) is 0 Å². The minimum Gasteiger partial charge on any atom is -0.396 e. The Kier molecular flexibility index (Phi) is 5.58. The molecule has 1 aromatic rings. The van der Waals surface area contributed by atoms with E-state index in [1.54, 1.807) is 19.2 Å². The molecule has 1 fully saturated rings. The summed E-state index contributed by atoms with van der Waals surface area (Å²) in [4.78, 5) is 0. The monoisotopic (exact) mass is 314 g/mol. The van der Waals surface area contributed by atoms with Crippen LogP contribution in [0.1, 0.15) is 18.4 Å². The minimum absolute atomic E-state index is 0.0181. The largest absolute Gasteiger partial charge is 0.396 e. The van der Waals surface area contributed by atoms with Gasteiger partial charge in [-0.2, -0.15) is 12.7 Å². The lowest BCUT2D eigenvalue weighted by Crippen LogP contribution is -2.43. The predicted octanol–water partition coefficient (Wildman–Crippen LogP) is 1.19. The van der Waals surface area contributed by atoms with Crippen molar-refractivity contribution in [2.24, 2.45) is 5.92 Å². The average Bonchev–Trinajstić information content (AvgIpc) is 2.49. The molecule has 1 aliphatic heterocycles. The number of benzene rings is 1. The molecule has 6 nitrogen and oxygen atoms in total. The third kappa shape index (κ3) is 4.16. The van der Waals surface area contributed by atoms with E-state index in [9.17, 15) is 13.5 Å². The molecular formula is C14H22N2O4S. The smallest absolute Gasteiger partial charge is 0.301 e. The van der Waals surface area contributed by atoms with Crippen LogP contribution in [0.15, 0.2) is 24.3 Å². The van der Waals surface area contributed by atoms with Crippen LogP contribution >= 0.6 is 0 Å². The molecule has 1 heterocycles. The van der Waals surface area contributed by atoms with Crippen molar-refractivity contribution in [1.29, 1.82) is 0 Å². The average molecular weight is 314 g/mol. The molecule has 7 heteroatoms. The Labute approximate surface area is 125 Å². The number of aliphatic hydroxyl groups excluding tert-OH is 1. The summed E-state index contributed by atoms with van der Waals surface area (Å²) in [5.74, 6) is 0.0181. The molecule has 118 valence electrons. The third-order valence-electron chi connectivity index (χ3n) is 3.64. The van der Waals surface area contributed by atoms with Crippen LogP contribution in [0.3, 0.4) is 0 Å². The number of para-hydroxylation sites is 1. The normalized spacial score (nSPS) is 20.4. The van der Waals surface area contributed by atoms with Gasteiger partial charge in [0.25, 0.3) is 0 Å². The van der Waals surface area contributed by atoms with E-state index in [0.29, 0.717) is 25.4 Å². The van der Waals surface area contributed by atoms with E-state index in [0.717, 1.165) is 18.4 Å². The summed E-state index contributed by atoms with van der Waals surface area (Å²) in [6.07, 6.45) is 1.63. The number of ether oxygens (including phenoxy) is 1. The quantitative estimate of drug-likeness (QED) is 0.827. The van der Waals surface area contributed by atoms with Gasteiger partial charge in [-0.25, -0.2) is 0 Å². The van der Waals surface area contributed by atoms with Crippen molar-refractivity contribution >= 4 is 15.9 Å². The van der Waals surface area contributed by atoms with Crippen molar-refractivity contribution in [3.05, 3.63) is 29.8 Å². The molecule has 0 aliphatic carbocycles. The Balaban J connectivity index is 2.14. The van der Waals surface area contributed by atoms with Crippen LogP contribution in [0.25, 0.3) is 0 Å². The Hall–Kier alpha value is -1.15. The molecule has 0 radical (unpaired) electrons. The number of hydrogen-bond acceptors (Lipinski definition) is 4. The van der Waals surface area contributed by atoms with Crippen LogP contribution in [0.2, 0.25) is 0 Å². The van der Waals surface area contributed by atoms with Gasteiger partial charge in [-0.1, -0.05) is 18.2 Å². The van der Waals surface area contributed by atoms with Crippen molar-refractivity contribution in [3.8, 4) is 0 Å². The zero-order chi connectivity index (χ0) is 15.3. The maximum atomic E-state index is 12.5. The van der Waals surface area contributed by atoms with E-state index >= 15 is 0 Å². The first-order chi connectivity index (χ1) is 10.1. The number of methoxy groups -OCH3 is 1. The van der Waals surface area contributed by atoms with Crippen molar-refractivity contribution < 1.29 is 18.3 Å². The van der Waals surface area contributed by atoms with E-state index in [4.69, 9.17) is 4.74 Å². The number of hydrogen-bond donors (Lipinski definition) is 2. The molecule has 0 spiro atoms. The van der Waals surface area contributed by atoms with Gasteiger partial charge in [0, 0.05) is 32.4 Å². The van der Waals surface area contributed by atoms with Gasteiger partial charge >= 0.3 is 10.2 Å². The first-order valence-corrected chi connectivity index (χ1v) is 8.46. The van der Waals surface area contributed by atoms with Crippen molar-refractivity contribution in [2.45, 2.75) is 19.4 Å². The number of nitrogens with zero attached hydrogens (tertiary/aromatic N) is 1. The highest BCUT2D eigenvalue weighted by atomic mass is 32.2. The zero-order valence-corrected chi connectivity index (χ0v) is 13.0. The number of rotatable bonds is 6. The van der Waals surface area contributed by atoms with Gasteiger partial charge in [0.2, 0.25) is 0 Å². The fourth-order valence-corrected chi connectivity index (χ4v) is 3.88. The van der Waals surface area contributed by atoms with Gasteiger partial charge in [0.05, 0.1) is 12.3 Å². The minimum atomic E-state index is -3.60. The Bertz CT molecular complexity index is 562. The fourth-order valence-electron chi connectivity index (χ4n) is 2.50. The fraction of sp³-hybridized carbons (Fsp3) is 0.571. The van der Waals surface area contributed by atoms with Crippen LogP contribution in [0.5, 0.6) is 0 Å². The summed E-state index contributed by atoms with van der Waals surface area (Å²) < 4.78 is 34.0. The Morgan fingerprint density at radius 3 is 2.90 bits per heavy atom. The molecule has 1 aromatic carbocycles. The second kappa shape index (κ2) is 7.22. The lowest BCUT2D eigenvalue weighted by Gasteiger charge is -2.31. The molecule has 0 amide bonds. The molecule has 0 bridgehead atoms. The molecular weight excluding hydrogens is 292 g/mol. The van der Waals surface area contributed by atoms with Crippen LogP contribution in [0, 0.1) is 5.92 Å². The maximum absolute atomic E-state index is 12.5. The standard InChI is InChI=1S/C14H22N2O4S/c1-20-11-13-6-2-3-7-14(13)15-21(18,19)16-8-4-5-12(9-16)10-17/h2-3,6-7,12,15,17H,4-5,8-11H2,1H3. The van der Waals surface area contributed by atoms with Gasteiger partial charge in [-0.3, -0.25) is 4.72 Å². The lowest BCUT2D eigenvalue weighted by molar-refractivity contribution is 0.166. The van der Waals surface area contributed by atoms with Gasteiger partial charge in [0.15, 0.2) is 0 Å².